The van der Waals surface area contributed by atoms with Crippen molar-refractivity contribution < 1.29 is 32.3 Å². The first-order valence-corrected chi connectivity index (χ1v) is 16.1. The standard InChI is InChI=1S/C32H47F3N6O4/c1-5-26(42)38-27(30(44)41-14-12-40(4)13-15-41)20(3)22-10-11-25(24(33)16-22)37-29(43)28(21-8-6-19(2)7-9-21)39-31(45)36-23-17-32(34,35)18-23/h10-11,16,19-21,23,27-28H,5-9,12-15,17-18H2,1-4H3,(H,37,43)(H,38,42)(H2,36,39,45)/t19?,20?,21?,27-,28+/m1/s1. The second kappa shape index (κ2) is 14.8. The van der Waals surface area contributed by atoms with Crippen LogP contribution in [0.15, 0.2) is 18.2 Å². The van der Waals surface area contributed by atoms with E-state index in [0.29, 0.717) is 50.5 Å². The smallest absolute Gasteiger partial charge is 0.315 e. The molecule has 1 aromatic carbocycles. The van der Waals surface area contributed by atoms with E-state index in [1.807, 2.05) is 7.05 Å². The third-order valence-corrected chi connectivity index (χ3v) is 9.52. The predicted molar refractivity (Wildman–Crippen MR) is 164 cm³/mol. The minimum absolute atomic E-state index is 0.0921. The number of carbonyl (C=O) groups is 4. The fourth-order valence-electron chi connectivity index (χ4n) is 6.37. The molecule has 0 radical (unpaired) electrons. The van der Waals surface area contributed by atoms with Crippen molar-refractivity contribution in [3.8, 4) is 0 Å². The molecule has 1 unspecified atom stereocenters. The molecule has 250 valence electrons. The van der Waals surface area contributed by atoms with Gasteiger partial charge in [0.2, 0.25) is 17.7 Å². The number of halogens is 3. The highest BCUT2D eigenvalue weighted by molar-refractivity contribution is 5.97. The molecule has 0 bridgehead atoms. The minimum atomic E-state index is -2.80. The molecule has 1 aliphatic heterocycles. The van der Waals surface area contributed by atoms with E-state index >= 15 is 4.39 Å². The van der Waals surface area contributed by atoms with Crippen molar-refractivity contribution in [1.82, 2.24) is 25.8 Å². The number of hydrogen-bond donors (Lipinski definition) is 4. The van der Waals surface area contributed by atoms with Gasteiger partial charge >= 0.3 is 6.03 Å². The molecule has 1 heterocycles. The fourth-order valence-corrected chi connectivity index (χ4v) is 6.37. The Balaban J connectivity index is 1.46. The first-order chi connectivity index (χ1) is 21.3. The van der Waals surface area contributed by atoms with Gasteiger partial charge in [-0.15, -0.1) is 0 Å². The summed E-state index contributed by atoms with van der Waals surface area (Å²) in [6.07, 6.45) is 2.42. The van der Waals surface area contributed by atoms with Gasteiger partial charge in [0, 0.05) is 57.4 Å². The van der Waals surface area contributed by atoms with Crippen molar-refractivity contribution in [2.24, 2.45) is 11.8 Å². The molecular weight excluding hydrogens is 589 g/mol. The predicted octanol–water partition coefficient (Wildman–Crippen LogP) is 3.83. The number of likely N-dealkylation sites (N-methyl/N-ethyl adjacent to an activating group) is 1. The van der Waals surface area contributed by atoms with E-state index in [9.17, 15) is 28.0 Å². The number of hydrogen-bond acceptors (Lipinski definition) is 5. The minimum Gasteiger partial charge on any atom is -0.344 e. The molecule has 0 aromatic heterocycles. The molecule has 10 nitrogen and oxygen atoms in total. The van der Waals surface area contributed by atoms with Crippen LogP contribution < -0.4 is 21.3 Å². The van der Waals surface area contributed by atoms with Crippen LogP contribution in [0, 0.1) is 17.7 Å². The summed E-state index contributed by atoms with van der Waals surface area (Å²) >= 11 is 0. The molecule has 1 saturated heterocycles. The van der Waals surface area contributed by atoms with Crippen LogP contribution in [0.1, 0.15) is 77.2 Å². The maximum Gasteiger partial charge on any atom is 0.315 e. The Bertz CT molecular complexity index is 1230. The lowest BCUT2D eigenvalue weighted by Gasteiger charge is -2.36. The van der Waals surface area contributed by atoms with Gasteiger partial charge in [-0.1, -0.05) is 39.7 Å². The number of anilines is 1. The topological polar surface area (TPSA) is 123 Å². The van der Waals surface area contributed by atoms with Gasteiger partial charge in [0.25, 0.3) is 5.92 Å². The van der Waals surface area contributed by atoms with E-state index in [-0.39, 0.29) is 29.8 Å². The van der Waals surface area contributed by atoms with Gasteiger partial charge in [0.1, 0.15) is 17.9 Å². The molecule has 4 rings (SSSR count). The van der Waals surface area contributed by atoms with Crippen LogP contribution >= 0.6 is 0 Å². The number of nitrogens with zero attached hydrogens (tertiary/aromatic N) is 2. The van der Waals surface area contributed by atoms with Gasteiger partial charge in [-0.05, 0) is 49.4 Å². The zero-order valence-electron chi connectivity index (χ0n) is 26.6. The van der Waals surface area contributed by atoms with Crippen LogP contribution in [0.3, 0.4) is 0 Å². The van der Waals surface area contributed by atoms with Crippen LogP contribution in [-0.4, -0.2) is 90.8 Å². The molecule has 5 amide bonds. The van der Waals surface area contributed by atoms with Crippen molar-refractivity contribution in [3.63, 3.8) is 0 Å². The van der Waals surface area contributed by atoms with Crippen LogP contribution in [0.25, 0.3) is 0 Å². The zero-order chi connectivity index (χ0) is 32.9. The highest BCUT2D eigenvalue weighted by atomic mass is 19.3. The highest BCUT2D eigenvalue weighted by Crippen LogP contribution is 2.37. The first kappa shape index (κ1) is 34.5. The van der Waals surface area contributed by atoms with Gasteiger partial charge in [-0.2, -0.15) is 0 Å². The maximum atomic E-state index is 15.5. The molecule has 3 atom stereocenters. The van der Waals surface area contributed by atoms with Crippen LogP contribution in [0.4, 0.5) is 23.7 Å². The quantitative estimate of drug-likeness (QED) is 0.311. The molecule has 2 saturated carbocycles. The number of rotatable bonds is 10. The second-order valence-corrected chi connectivity index (χ2v) is 13.1. The lowest BCUT2D eigenvalue weighted by atomic mass is 9.79. The van der Waals surface area contributed by atoms with Crippen LogP contribution in [-0.2, 0) is 14.4 Å². The van der Waals surface area contributed by atoms with Crippen molar-refractivity contribution in [2.45, 2.75) is 95.7 Å². The van der Waals surface area contributed by atoms with Crippen molar-refractivity contribution >= 4 is 29.4 Å². The zero-order valence-corrected chi connectivity index (χ0v) is 26.6. The first-order valence-electron chi connectivity index (χ1n) is 16.1. The van der Waals surface area contributed by atoms with E-state index < -0.39 is 60.6 Å². The molecular formula is C32H47F3N6O4. The van der Waals surface area contributed by atoms with Gasteiger partial charge in [0.15, 0.2) is 0 Å². The largest absolute Gasteiger partial charge is 0.344 e. The van der Waals surface area contributed by atoms with E-state index in [0.717, 1.165) is 12.8 Å². The number of benzene rings is 1. The van der Waals surface area contributed by atoms with Gasteiger partial charge < -0.3 is 31.1 Å². The Labute approximate surface area is 263 Å². The second-order valence-electron chi connectivity index (χ2n) is 13.1. The Hall–Kier alpha value is -3.35. The molecule has 2 aliphatic carbocycles. The molecule has 3 fully saturated rings. The number of nitrogens with one attached hydrogen (secondary N) is 4. The summed E-state index contributed by atoms with van der Waals surface area (Å²) in [4.78, 5) is 55.8. The molecule has 45 heavy (non-hydrogen) atoms. The molecule has 4 N–H and O–H groups in total. The third kappa shape index (κ3) is 9.11. The normalized spacial score (nSPS) is 24.0. The summed E-state index contributed by atoms with van der Waals surface area (Å²) in [7, 11) is 1.98. The molecule has 3 aliphatic rings. The highest BCUT2D eigenvalue weighted by Gasteiger charge is 2.46. The average Bonchev–Trinajstić information content (AvgIpc) is 2.98. The maximum absolute atomic E-state index is 15.5. The summed E-state index contributed by atoms with van der Waals surface area (Å²) in [5, 5.41) is 10.6. The molecule has 13 heteroatoms. The lowest BCUT2D eigenvalue weighted by Crippen LogP contribution is -2.57. The summed E-state index contributed by atoms with van der Waals surface area (Å²) in [6.45, 7) is 8.05. The Kier molecular flexibility index (Phi) is 11.4. The van der Waals surface area contributed by atoms with Gasteiger partial charge in [0.05, 0.1) is 5.69 Å². The van der Waals surface area contributed by atoms with Gasteiger partial charge in [-0.25, -0.2) is 18.0 Å². The Morgan fingerprint density at radius 1 is 1.00 bits per heavy atom. The van der Waals surface area contributed by atoms with E-state index in [4.69, 9.17) is 0 Å². The number of urea groups is 1. The van der Waals surface area contributed by atoms with Gasteiger partial charge in [-0.3, -0.25) is 14.4 Å². The monoisotopic (exact) mass is 636 g/mol. The number of piperazine rings is 1. The van der Waals surface area contributed by atoms with Crippen LogP contribution in [0.5, 0.6) is 0 Å². The van der Waals surface area contributed by atoms with E-state index in [2.05, 4.69) is 33.1 Å². The van der Waals surface area contributed by atoms with Crippen molar-refractivity contribution in [2.75, 3.05) is 38.5 Å². The summed E-state index contributed by atoms with van der Waals surface area (Å²) in [5.74, 6) is -4.90. The number of amides is 5. The number of alkyl halides is 2. The van der Waals surface area contributed by atoms with Crippen molar-refractivity contribution in [1.29, 1.82) is 0 Å². The molecule has 0 spiro atoms. The molecule has 1 aromatic rings. The summed E-state index contributed by atoms with van der Waals surface area (Å²) in [5.41, 5.74) is 0.382. The summed E-state index contributed by atoms with van der Waals surface area (Å²) in [6, 6.07) is 1.02. The summed E-state index contributed by atoms with van der Waals surface area (Å²) < 4.78 is 42.0. The Morgan fingerprint density at radius 3 is 2.22 bits per heavy atom. The fraction of sp³-hybridized carbons (Fsp3) is 0.688. The van der Waals surface area contributed by atoms with E-state index in [1.54, 1.807) is 24.8 Å². The van der Waals surface area contributed by atoms with E-state index in [1.165, 1.54) is 12.1 Å². The van der Waals surface area contributed by atoms with Crippen LogP contribution in [0.2, 0.25) is 0 Å². The average molecular weight is 637 g/mol. The van der Waals surface area contributed by atoms with Crippen molar-refractivity contribution in [3.05, 3.63) is 29.6 Å². The lowest BCUT2D eigenvalue weighted by molar-refractivity contribution is -0.138. The third-order valence-electron chi connectivity index (χ3n) is 9.52. The SMILES string of the molecule is CCC(=O)N[C@@H](C(=O)N1CCN(C)CC1)C(C)c1ccc(NC(=O)[C@@H](NC(=O)NC2CC(F)(F)C2)C2CCC(C)CC2)c(F)c1. The Morgan fingerprint density at radius 2 is 1.64 bits per heavy atom. The number of carbonyl (C=O) groups excluding carboxylic acids is 4.